The molecule has 7 nitrogen and oxygen atoms in total. The molecular formula is C11H20N4O3. The maximum atomic E-state index is 11.8. The lowest BCUT2D eigenvalue weighted by molar-refractivity contribution is -0.126. The summed E-state index contributed by atoms with van der Waals surface area (Å²) in [7, 11) is 0. The zero-order chi connectivity index (χ0) is 12.8. The topological polar surface area (TPSA) is 82.7 Å². The van der Waals surface area contributed by atoms with Crippen molar-refractivity contribution in [3.63, 3.8) is 0 Å². The highest BCUT2D eigenvalue weighted by atomic mass is 16.5. The van der Waals surface area contributed by atoms with E-state index in [1.54, 1.807) is 0 Å². The quantitative estimate of drug-likeness (QED) is 0.519. The predicted molar refractivity (Wildman–Crippen MR) is 65.1 cm³/mol. The SMILES string of the molecule is O=C1CNC(C(=O)NCCN2CCOCC2)CN1. The van der Waals surface area contributed by atoms with Crippen LogP contribution in [0.15, 0.2) is 0 Å². The van der Waals surface area contributed by atoms with E-state index >= 15 is 0 Å². The number of rotatable bonds is 4. The summed E-state index contributed by atoms with van der Waals surface area (Å²) in [4.78, 5) is 25.0. The summed E-state index contributed by atoms with van der Waals surface area (Å²) in [6, 6.07) is -0.313. The third-order valence-electron chi connectivity index (χ3n) is 3.16. The second kappa shape index (κ2) is 6.67. The van der Waals surface area contributed by atoms with E-state index in [9.17, 15) is 9.59 Å². The molecule has 2 saturated heterocycles. The lowest BCUT2D eigenvalue weighted by atomic mass is 10.2. The van der Waals surface area contributed by atoms with Crippen LogP contribution in [0, 0.1) is 0 Å². The van der Waals surface area contributed by atoms with Crippen LogP contribution in [0.1, 0.15) is 0 Å². The van der Waals surface area contributed by atoms with E-state index in [1.165, 1.54) is 0 Å². The van der Waals surface area contributed by atoms with Crippen molar-refractivity contribution in [3.05, 3.63) is 0 Å². The van der Waals surface area contributed by atoms with Gasteiger partial charge in [-0.3, -0.25) is 19.8 Å². The molecule has 0 aromatic heterocycles. The van der Waals surface area contributed by atoms with Gasteiger partial charge in [0.2, 0.25) is 11.8 Å². The molecule has 0 aliphatic carbocycles. The first kappa shape index (κ1) is 13.3. The smallest absolute Gasteiger partial charge is 0.239 e. The van der Waals surface area contributed by atoms with Crippen molar-refractivity contribution in [2.24, 2.45) is 0 Å². The molecular weight excluding hydrogens is 236 g/mol. The molecule has 2 aliphatic rings. The number of amides is 2. The Kier molecular flexibility index (Phi) is 4.91. The average Bonchev–Trinajstić information content (AvgIpc) is 2.40. The molecule has 2 amide bonds. The number of morpholine rings is 1. The highest BCUT2D eigenvalue weighted by Gasteiger charge is 2.23. The van der Waals surface area contributed by atoms with E-state index in [4.69, 9.17) is 4.74 Å². The van der Waals surface area contributed by atoms with Crippen molar-refractivity contribution in [2.45, 2.75) is 6.04 Å². The van der Waals surface area contributed by atoms with Crippen molar-refractivity contribution < 1.29 is 14.3 Å². The number of carbonyl (C=O) groups excluding carboxylic acids is 2. The third-order valence-corrected chi connectivity index (χ3v) is 3.16. The average molecular weight is 256 g/mol. The first-order valence-electron chi connectivity index (χ1n) is 6.33. The minimum atomic E-state index is -0.313. The Morgan fingerprint density at radius 1 is 1.44 bits per heavy atom. The van der Waals surface area contributed by atoms with Gasteiger partial charge in [-0.2, -0.15) is 0 Å². The monoisotopic (exact) mass is 256 g/mol. The van der Waals surface area contributed by atoms with E-state index in [2.05, 4.69) is 20.9 Å². The van der Waals surface area contributed by atoms with E-state index in [0.717, 1.165) is 32.8 Å². The number of piperazine rings is 1. The normalized spacial score (nSPS) is 25.6. The van der Waals surface area contributed by atoms with Crippen LogP contribution in [0.4, 0.5) is 0 Å². The van der Waals surface area contributed by atoms with Gasteiger partial charge >= 0.3 is 0 Å². The number of hydrogen-bond donors (Lipinski definition) is 3. The van der Waals surface area contributed by atoms with Gasteiger partial charge < -0.3 is 15.4 Å². The fourth-order valence-corrected chi connectivity index (χ4v) is 2.04. The van der Waals surface area contributed by atoms with E-state index < -0.39 is 0 Å². The fourth-order valence-electron chi connectivity index (χ4n) is 2.04. The van der Waals surface area contributed by atoms with Crippen molar-refractivity contribution in [1.29, 1.82) is 0 Å². The first-order valence-corrected chi connectivity index (χ1v) is 6.33. The molecule has 0 aromatic carbocycles. The Labute approximate surface area is 106 Å². The minimum Gasteiger partial charge on any atom is -0.379 e. The standard InChI is InChI=1S/C11H20N4O3/c16-10-8-13-9(7-14-10)11(17)12-1-2-15-3-5-18-6-4-15/h9,13H,1-8H2,(H,12,17)(H,14,16). The number of nitrogens with zero attached hydrogens (tertiary/aromatic N) is 1. The molecule has 0 radical (unpaired) electrons. The second-order valence-electron chi connectivity index (χ2n) is 4.48. The van der Waals surface area contributed by atoms with Crippen molar-refractivity contribution in [2.75, 3.05) is 52.5 Å². The van der Waals surface area contributed by atoms with Gasteiger partial charge in [-0.1, -0.05) is 0 Å². The van der Waals surface area contributed by atoms with Crippen molar-refractivity contribution in [1.82, 2.24) is 20.9 Å². The van der Waals surface area contributed by atoms with E-state index in [-0.39, 0.29) is 24.4 Å². The summed E-state index contributed by atoms with van der Waals surface area (Å²) >= 11 is 0. The first-order chi connectivity index (χ1) is 8.75. The van der Waals surface area contributed by atoms with Gasteiger partial charge in [0.15, 0.2) is 0 Å². The van der Waals surface area contributed by atoms with Crippen LogP contribution in [-0.2, 0) is 14.3 Å². The maximum absolute atomic E-state index is 11.8. The van der Waals surface area contributed by atoms with Crippen LogP contribution < -0.4 is 16.0 Å². The fraction of sp³-hybridized carbons (Fsp3) is 0.818. The molecule has 7 heteroatoms. The van der Waals surface area contributed by atoms with Crippen molar-refractivity contribution in [3.8, 4) is 0 Å². The Morgan fingerprint density at radius 3 is 2.89 bits per heavy atom. The second-order valence-corrected chi connectivity index (χ2v) is 4.48. The summed E-state index contributed by atoms with van der Waals surface area (Å²) < 4.78 is 5.25. The molecule has 2 fully saturated rings. The highest BCUT2D eigenvalue weighted by Crippen LogP contribution is 1.95. The van der Waals surface area contributed by atoms with Crippen LogP contribution in [0.2, 0.25) is 0 Å². The molecule has 0 bridgehead atoms. The third kappa shape index (κ3) is 3.94. The van der Waals surface area contributed by atoms with Gasteiger partial charge in [0.1, 0.15) is 6.04 Å². The number of carbonyl (C=O) groups is 2. The van der Waals surface area contributed by atoms with E-state index in [0.29, 0.717) is 13.1 Å². The number of hydrogen-bond acceptors (Lipinski definition) is 5. The molecule has 0 saturated carbocycles. The predicted octanol–water partition coefficient (Wildman–Crippen LogP) is -2.48. The van der Waals surface area contributed by atoms with Crippen LogP contribution in [0.3, 0.4) is 0 Å². The molecule has 18 heavy (non-hydrogen) atoms. The molecule has 1 unspecified atom stereocenters. The molecule has 3 N–H and O–H groups in total. The Hall–Kier alpha value is -1.18. The van der Waals surface area contributed by atoms with Crippen molar-refractivity contribution >= 4 is 11.8 Å². The Bertz CT molecular complexity index is 295. The van der Waals surface area contributed by atoms with Crippen LogP contribution >= 0.6 is 0 Å². The summed E-state index contributed by atoms with van der Waals surface area (Å²) in [6.07, 6.45) is 0. The largest absolute Gasteiger partial charge is 0.379 e. The number of nitrogens with one attached hydrogen (secondary N) is 3. The Balaban J connectivity index is 1.60. The molecule has 102 valence electrons. The zero-order valence-electron chi connectivity index (χ0n) is 10.4. The minimum absolute atomic E-state index is 0.0525. The summed E-state index contributed by atoms with van der Waals surface area (Å²) in [5, 5.41) is 8.44. The van der Waals surface area contributed by atoms with Gasteiger partial charge in [0, 0.05) is 32.7 Å². The lowest BCUT2D eigenvalue weighted by Gasteiger charge is -2.27. The van der Waals surface area contributed by atoms with Gasteiger partial charge in [-0.25, -0.2) is 0 Å². The molecule has 2 rings (SSSR count). The van der Waals surface area contributed by atoms with Gasteiger partial charge in [0.25, 0.3) is 0 Å². The highest BCUT2D eigenvalue weighted by molar-refractivity contribution is 5.86. The van der Waals surface area contributed by atoms with Crippen LogP contribution in [0.5, 0.6) is 0 Å². The molecule has 2 heterocycles. The van der Waals surface area contributed by atoms with E-state index in [1.807, 2.05) is 0 Å². The van der Waals surface area contributed by atoms with Crippen LogP contribution in [-0.4, -0.2) is 75.2 Å². The maximum Gasteiger partial charge on any atom is 0.239 e. The molecule has 0 aromatic rings. The molecule has 2 aliphatic heterocycles. The molecule has 1 atom stereocenters. The summed E-state index contributed by atoms with van der Waals surface area (Å²) in [5.74, 6) is -0.115. The Morgan fingerprint density at radius 2 is 2.22 bits per heavy atom. The zero-order valence-corrected chi connectivity index (χ0v) is 10.4. The number of ether oxygens (including phenoxy) is 1. The van der Waals surface area contributed by atoms with Gasteiger partial charge in [-0.15, -0.1) is 0 Å². The van der Waals surface area contributed by atoms with Gasteiger partial charge in [0.05, 0.1) is 19.8 Å². The molecule has 0 spiro atoms. The van der Waals surface area contributed by atoms with Gasteiger partial charge in [-0.05, 0) is 0 Å². The van der Waals surface area contributed by atoms with Crippen LogP contribution in [0.25, 0.3) is 0 Å². The lowest BCUT2D eigenvalue weighted by Crippen LogP contribution is -2.58. The summed E-state index contributed by atoms with van der Waals surface area (Å²) in [5.41, 5.74) is 0. The summed E-state index contributed by atoms with van der Waals surface area (Å²) in [6.45, 7) is 5.43.